The highest BCUT2D eigenvalue weighted by Gasteiger charge is 2.33. The van der Waals surface area contributed by atoms with Gasteiger partial charge in [0.25, 0.3) is 0 Å². The van der Waals surface area contributed by atoms with Gasteiger partial charge in [0, 0.05) is 18.3 Å². The van der Waals surface area contributed by atoms with Crippen LogP contribution in [0.25, 0.3) is 0 Å². The molecule has 2 rings (SSSR count). The van der Waals surface area contributed by atoms with E-state index in [0.717, 1.165) is 12.1 Å². The number of benzene rings is 1. The summed E-state index contributed by atoms with van der Waals surface area (Å²) in [6, 6.07) is 1.26. The largest absolute Gasteiger partial charge is 0.399 e. The minimum Gasteiger partial charge on any atom is -0.399 e. The van der Waals surface area contributed by atoms with Crippen LogP contribution in [0.3, 0.4) is 0 Å². The van der Waals surface area contributed by atoms with Gasteiger partial charge in [-0.2, -0.15) is 0 Å². The predicted octanol–water partition coefficient (Wildman–Crippen LogP) is 1.28. The van der Waals surface area contributed by atoms with Gasteiger partial charge in [0.15, 0.2) is 11.6 Å². The lowest BCUT2D eigenvalue weighted by Crippen LogP contribution is -2.55. The number of anilines is 2. The number of nitrogens with two attached hydrogens (primary N) is 1. The second-order valence-corrected chi connectivity index (χ2v) is 5.28. The highest BCUT2D eigenvalue weighted by molar-refractivity contribution is 5.86. The zero-order chi connectivity index (χ0) is 15.6. The number of nitrogens with zero attached hydrogens (tertiary/aromatic N) is 1. The summed E-state index contributed by atoms with van der Waals surface area (Å²) in [5.41, 5.74) is 5.18. The van der Waals surface area contributed by atoms with E-state index in [1.54, 1.807) is 0 Å². The van der Waals surface area contributed by atoms with Crippen molar-refractivity contribution in [2.24, 2.45) is 0 Å². The number of rotatable bonds is 3. The van der Waals surface area contributed by atoms with Gasteiger partial charge < -0.3 is 20.7 Å². The molecule has 116 valence electrons. The van der Waals surface area contributed by atoms with Crippen LogP contribution in [0.1, 0.15) is 13.8 Å². The third-order valence-electron chi connectivity index (χ3n) is 3.19. The number of ether oxygens (including phenoxy) is 1. The third-order valence-corrected chi connectivity index (χ3v) is 3.19. The number of morpholine rings is 1. The van der Waals surface area contributed by atoms with Crippen molar-refractivity contribution < 1.29 is 18.3 Å². The molecule has 0 saturated carbocycles. The molecule has 0 aromatic heterocycles. The van der Waals surface area contributed by atoms with Gasteiger partial charge in [-0.1, -0.05) is 0 Å². The average molecular weight is 299 g/mol. The highest BCUT2D eigenvalue weighted by atomic mass is 19.1. The molecule has 1 unspecified atom stereocenters. The Morgan fingerprint density at radius 1 is 1.43 bits per heavy atom. The molecular weight excluding hydrogens is 280 g/mol. The Kier molecular flexibility index (Phi) is 4.62. The van der Waals surface area contributed by atoms with Gasteiger partial charge in [-0.15, -0.1) is 0 Å². The molecule has 1 atom stereocenters. The van der Waals surface area contributed by atoms with Gasteiger partial charge in [-0.3, -0.25) is 4.79 Å². The van der Waals surface area contributed by atoms with Crippen LogP contribution in [0.15, 0.2) is 12.1 Å². The summed E-state index contributed by atoms with van der Waals surface area (Å²) < 4.78 is 33.4. The number of halogens is 2. The molecule has 1 aliphatic rings. The first-order chi connectivity index (χ1) is 9.90. The highest BCUT2D eigenvalue weighted by Crippen LogP contribution is 2.28. The first-order valence-electron chi connectivity index (χ1n) is 6.79. The van der Waals surface area contributed by atoms with E-state index < -0.39 is 17.7 Å². The molecule has 1 fully saturated rings. The molecule has 7 heteroatoms. The zero-order valence-corrected chi connectivity index (χ0v) is 12.0. The summed E-state index contributed by atoms with van der Waals surface area (Å²) in [5.74, 6) is -1.88. The number of nitrogen functional groups attached to an aromatic ring is 1. The molecule has 1 saturated heterocycles. The van der Waals surface area contributed by atoms with Crippen LogP contribution in [0.4, 0.5) is 20.2 Å². The van der Waals surface area contributed by atoms with Gasteiger partial charge in [-0.25, -0.2) is 8.78 Å². The van der Waals surface area contributed by atoms with Crippen LogP contribution >= 0.6 is 0 Å². The van der Waals surface area contributed by atoms with Crippen molar-refractivity contribution >= 4 is 17.3 Å². The molecule has 5 nitrogen and oxygen atoms in total. The fraction of sp³-hybridized carbons (Fsp3) is 0.500. The van der Waals surface area contributed by atoms with Crippen molar-refractivity contribution in [3.05, 3.63) is 23.8 Å². The molecular formula is C14H19F2N3O2. The summed E-state index contributed by atoms with van der Waals surface area (Å²) in [6.45, 7) is 4.25. The molecule has 0 spiro atoms. The van der Waals surface area contributed by atoms with Gasteiger partial charge in [0.1, 0.15) is 11.7 Å². The summed E-state index contributed by atoms with van der Waals surface area (Å²) >= 11 is 0. The van der Waals surface area contributed by atoms with Gasteiger partial charge in [-0.05, 0) is 26.0 Å². The van der Waals surface area contributed by atoms with Crippen LogP contribution in [0.5, 0.6) is 0 Å². The topological polar surface area (TPSA) is 67.6 Å². The molecule has 0 radical (unpaired) electrons. The van der Waals surface area contributed by atoms with Gasteiger partial charge in [0.05, 0.1) is 13.2 Å². The Labute approximate surface area is 122 Å². The maximum Gasteiger partial charge on any atom is 0.245 e. The van der Waals surface area contributed by atoms with Crippen LogP contribution in [-0.2, 0) is 9.53 Å². The Hall–Kier alpha value is -1.89. The second-order valence-electron chi connectivity index (χ2n) is 5.28. The SMILES string of the molecule is CC(C)NC(=O)C1COCCN1c1c(F)cc(N)cc1F. The minimum atomic E-state index is -0.781. The minimum absolute atomic E-state index is 0.00481. The normalized spacial score (nSPS) is 18.9. The van der Waals surface area contributed by atoms with Crippen molar-refractivity contribution in [2.75, 3.05) is 30.4 Å². The molecule has 1 heterocycles. The first kappa shape index (κ1) is 15.5. The molecule has 1 aromatic rings. The summed E-state index contributed by atoms with van der Waals surface area (Å²) in [6.07, 6.45) is 0. The predicted molar refractivity (Wildman–Crippen MR) is 76.0 cm³/mol. The molecule has 0 bridgehead atoms. The monoisotopic (exact) mass is 299 g/mol. The summed E-state index contributed by atoms with van der Waals surface area (Å²) in [7, 11) is 0. The fourth-order valence-electron chi connectivity index (χ4n) is 2.33. The number of amides is 1. The number of nitrogens with one attached hydrogen (secondary N) is 1. The van der Waals surface area contributed by atoms with Crippen LogP contribution in [-0.4, -0.2) is 37.7 Å². The van der Waals surface area contributed by atoms with E-state index >= 15 is 0 Å². The molecule has 3 N–H and O–H groups in total. The van der Waals surface area contributed by atoms with Crippen molar-refractivity contribution in [3.8, 4) is 0 Å². The summed E-state index contributed by atoms with van der Waals surface area (Å²) in [4.78, 5) is 13.6. The van der Waals surface area contributed by atoms with E-state index in [4.69, 9.17) is 10.5 Å². The lowest BCUT2D eigenvalue weighted by atomic mass is 10.1. The van der Waals surface area contributed by atoms with Crippen LogP contribution in [0.2, 0.25) is 0 Å². The van der Waals surface area contributed by atoms with E-state index in [-0.39, 0.29) is 36.5 Å². The lowest BCUT2D eigenvalue weighted by molar-refractivity contribution is -0.125. The van der Waals surface area contributed by atoms with Crippen molar-refractivity contribution in [1.29, 1.82) is 0 Å². The quantitative estimate of drug-likeness (QED) is 0.825. The van der Waals surface area contributed by atoms with E-state index in [9.17, 15) is 13.6 Å². The van der Waals surface area contributed by atoms with Gasteiger partial charge in [0.2, 0.25) is 5.91 Å². The number of carbonyl (C=O) groups is 1. The van der Waals surface area contributed by atoms with Crippen molar-refractivity contribution in [2.45, 2.75) is 25.9 Å². The average Bonchev–Trinajstić information content (AvgIpc) is 2.37. The maximum absolute atomic E-state index is 14.1. The number of hydrogen-bond donors (Lipinski definition) is 2. The fourth-order valence-corrected chi connectivity index (χ4v) is 2.33. The standard InChI is InChI=1S/C14H19F2N3O2/c1-8(2)18-14(20)12-7-21-4-3-19(12)13-10(15)5-9(17)6-11(13)16/h5-6,8,12H,3-4,7,17H2,1-2H3,(H,18,20). The lowest BCUT2D eigenvalue weighted by Gasteiger charge is -2.37. The van der Waals surface area contributed by atoms with Gasteiger partial charge >= 0.3 is 0 Å². The number of carbonyl (C=O) groups excluding carboxylic acids is 1. The Morgan fingerprint density at radius 2 is 2.05 bits per heavy atom. The molecule has 1 aliphatic heterocycles. The van der Waals surface area contributed by atoms with Crippen LogP contribution < -0.4 is 16.0 Å². The second kappa shape index (κ2) is 6.26. The summed E-state index contributed by atoms with van der Waals surface area (Å²) in [5, 5.41) is 2.73. The van der Waals surface area contributed by atoms with E-state index in [1.165, 1.54) is 4.90 Å². The Bertz CT molecular complexity index is 514. The first-order valence-corrected chi connectivity index (χ1v) is 6.79. The smallest absolute Gasteiger partial charge is 0.245 e. The van der Waals surface area contributed by atoms with E-state index in [0.29, 0.717) is 6.61 Å². The molecule has 21 heavy (non-hydrogen) atoms. The van der Waals surface area contributed by atoms with Crippen molar-refractivity contribution in [3.63, 3.8) is 0 Å². The Balaban J connectivity index is 2.33. The third kappa shape index (κ3) is 3.41. The van der Waals surface area contributed by atoms with Crippen LogP contribution in [0, 0.1) is 11.6 Å². The Morgan fingerprint density at radius 3 is 2.62 bits per heavy atom. The zero-order valence-electron chi connectivity index (χ0n) is 12.0. The molecule has 0 aliphatic carbocycles. The number of hydrogen-bond acceptors (Lipinski definition) is 4. The van der Waals surface area contributed by atoms with Crippen molar-refractivity contribution in [1.82, 2.24) is 5.32 Å². The maximum atomic E-state index is 14.1. The molecule has 1 amide bonds. The van der Waals surface area contributed by atoms with E-state index in [1.807, 2.05) is 13.8 Å². The molecule has 1 aromatic carbocycles. The van der Waals surface area contributed by atoms with E-state index in [2.05, 4.69) is 5.32 Å².